The monoisotopic (exact) mass is 190 g/mol. The summed E-state index contributed by atoms with van der Waals surface area (Å²) in [6.07, 6.45) is 1.68. The Hall–Kier alpha value is -1.88. The quantitative estimate of drug-likeness (QED) is 0.360. The molecule has 2 rings (SSSR count). The second kappa shape index (κ2) is 3.47. The number of amides is 2. The fourth-order valence-electron chi connectivity index (χ4n) is 1.39. The number of benzene rings is 1. The summed E-state index contributed by atoms with van der Waals surface area (Å²) >= 11 is 0. The number of rotatable bonds is 0. The SMILES string of the molecule is NNC(=O)N1CC=Nc2ccccc21. The Morgan fingerprint density at radius 1 is 1.50 bits per heavy atom. The molecule has 5 heteroatoms. The molecule has 0 spiro atoms. The van der Waals surface area contributed by atoms with E-state index in [4.69, 9.17) is 5.84 Å². The van der Waals surface area contributed by atoms with Crippen LogP contribution in [0.5, 0.6) is 0 Å². The maximum atomic E-state index is 11.4. The lowest BCUT2D eigenvalue weighted by molar-refractivity contribution is 0.247. The molecular formula is C9H10N4O. The van der Waals surface area contributed by atoms with Gasteiger partial charge in [0.25, 0.3) is 0 Å². The third-order valence-electron chi connectivity index (χ3n) is 2.04. The first-order chi connectivity index (χ1) is 6.83. The average molecular weight is 190 g/mol. The molecule has 2 amide bonds. The maximum absolute atomic E-state index is 11.4. The lowest BCUT2D eigenvalue weighted by atomic mass is 10.2. The molecule has 0 aliphatic carbocycles. The predicted octanol–water partition coefficient (Wildman–Crippen LogP) is 0.792. The van der Waals surface area contributed by atoms with Crippen LogP contribution in [0.25, 0.3) is 0 Å². The van der Waals surface area contributed by atoms with Crippen LogP contribution in [-0.4, -0.2) is 18.8 Å². The van der Waals surface area contributed by atoms with Gasteiger partial charge in [0.2, 0.25) is 0 Å². The van der Waals surface area contributed by atoms with Crippen LogP contribution in [0.2, 0.25) is 0 Å². The molecule has 0 saturated carbocycles. The molecular weight excluding hydrogens is 180 g/mol. The molecule has 3 N–H and O–H groups in total. The molecule has 0 fully saturated rings. The predicted molar refractivity (Wildman–Crippen MR) is 54.7 cm³/mol. The highest BCUT2D eigenvalue weighted by Gasteiger charge is 2.18. The van der Waals surface area contributed by atoms with Gasteiger partial charge in [0.05, 0.1) is 17.9 Å². The zero-order chi connectivity index (χ0) is 9.97. The number of hydrazine groups is 1. The largest absolute Gasteiger partial charge is 0.336 e. The molecule has 14 heavy (non-hydrogen) atoms. The zero-order valence-corrected chi connectivity index (χ0v) is 7.47. The second-order valence-corrected chi connectivity index (χ2v) is 2.86. The van der Waals surface area contributed by atoms with E-state index in [1.54, 1.807) is 6.21 Å². The number of hydrogen-bond acceptors (Lipinski definition) is 3. The summed E-state index contributed by atoms with van der Waals surface area (Å²) < 4.78 is 0. The second-order valence-electron chi connectivity index (χ2n) is 2.86. The van der Waals surface area contributed by atoms with Gasteiger partial charge in [0.15, 0.2) is 0 Å². The van der Waals surface area contributed by atoms with E-state index in [1.165, 1.54) is 4.90 Å². The van der Waals surface area contributed by atoms with E-state index in [2.05, 4.69) is 10.4 Å². The number of carbonyl (C=O) groups excluding carboxylic acids is 1. The van der Waals surface area contributed by atoms with Gasteiger partial charge in [-0.2, -0.15) is 0 Å². The van der Waals surface area contributed by atoms with Crippen molar-refractivity contribution in [2.75, 3.05) is 11.4 Å². The molecule has 1 aliphatic rings. The molecule has 0 saturated heterocycles. The van der Waals surface area contributed by atoms with Crippen LogP contribution in [0.3, 0.4) is 0 Å². The Morgan fingerprint density at radius 3 is 3.07 bits per heavy atom. The molecule has 1 aromatic carbocycles. The Balaban J connectivity index is 2.40. The molecule has 0 aromatic heterocycles. The summed E-state index contributed by atoms with van der Waals surface area (Å²) in [5.41, 5.74) is 3.66. The Labute approximate surface area is 81.2 Å². The van der Waals surface area contributed by atoms with E-state index in [0.29, 0.717) is 6.54 Å². The van der Waals surface area contributed by atoms with Crippen LogP contribution in [0, 0.1) is 0 Å². The molecule has 1 aromatic rings. The highest BCUT2D eigenvalue weighted by atomic mass is 16.2. The minimum atomic E-state index is -0.330. The topological polar surface area (TPSA) is 70.7 Å². The van der Waals surface area contributed by atoms with Gasteiger partial charge in [-0.05, 0) is 12.1 Å². The lowest BCUT2D eigenvalue weighted by Crippen LogP contribution is -2.45. The van der Waals surface area contributed by atoms with Gasteiger partial charge in [-0.1, -0.05) is 12.1 Å². The van der Waals surface area contributed by atoms with E-state index in [1.807, 2.05) is 24.3 Å². The zero-order valence-electron chi connectivity index (χ0n) is 7.47. The molecule has 0 radical (unpaired) electrons. The molecule has 0 unspecified atom stereocenters. The number of anilines is 1. The number of nitrogens with two attached hydrogens (primary N) is 1. The first-order valence-electron chi connectivity index (χ1n) is 4.22. The van der Waals surface area contributed by atoms with Crippen LogP contribution in [0.15, 0.2) is 29.3 Å². The summed E-state index contributed by atoms with van der Waals surface area (Å²) in [5.74, 6) is 5.07. The average Bonchev–Trinajstić information content (AvgIpc) is 2.27. The number of carbonyl (C=O) groups is 1. The fraction of sp³-hybridized carbons (Fsp3) is 0.111. The number of para-hydroxylation sites is 2. The maximum Gasteiger partial charge on any atom is 0.336 e. The van der Waals surface area contributed by atoms with Crippen molar-refractivity contribution in [1.29, 1.82) is 0 Å². The normalized spacial score (nSPS) is 13.6. The van der Waals surface area contributed by atoms with E-state index in [-0.39, 0.29) is 6.03 Å². The number of urea groups is 1. The van der Waals surface area contributed by atoms with E-state index >= 15 is 0 Å². The Kier molecular flexibility index (Phi) is 2.16. The van der Waals surface area contributed by atoms with Crippen molar-refractivity contribution >= 4 is 23.6 Å². The van der Waals surface area contributed by atoms with Crippen molar-refractivity contribution < 1.29 is 4.79 Å². The molecule has 1 aliphatic heterocycles. The van der Waals surface area contributed by atoms with E-state index in [9.17, 15) is 4.79 Å². The van der Waals surface area contributed by atoms with Crippen molar-refractivity contribution in [2.45, 2.75) is 0 Å². The number of nitrogens with zero attached hydrogens (tertiary/aromatic N) is 2. The minimum absolute atomic E-state index is 0.330. The Bertz CT molecular complexity index is 388. The van der Waals surface area contributed by atoms with Crippen LogP contribution in [0.1, 0.15) is 0 Å². The number of hydrogen-bond donors (Lipinski definition) is 2. The van der Waals surface area contributed by atoms with Crippen molar-refractivity contribution in [3.8, 4) is 0 Å². The van der Waals surface area contributed by atoms with E-state index in [0.717, 1.165) is 11.4 Å². The van der Waals surface area contributed by atoms with Gasteiger partial charge in [-0.25, -0.2) is 10.6 Å². The number of nitrogens with one attached hydrogen (secondary N) is 1. The minimum Gasteiger partial charge on any atom is -0.286 e. The smallest absolute Gasteiger partial charge is 0.286 e. The van der Waals surface area contributed by atoms with Gasteiger partial charge < -0.3 is 0 Å². The van der Waals surface area contributed by atoms with Gasteiger partial charge in [0.1, 0.15) is 0 Å². The summed E-state index contributed by atoms with van der Waals surface area (Å²) in [6, 6.07) is 7.09. The summed E-state index contributed by atoms with van der Waals surface area (Å²) in [4.78, 5) is 17.1. The van der Waals surface area contributed by atoms with Crippen LogP contribution < -0.4 is 16.2 Å². The molecule has 5 nitrogen and oxygen atoms in total. The van der Waals surface area contributed by atoms with Crippen LogP contribution in [0.4, 0.5) is 16.2 Å². The molecule has 1 heterocycles. The standard InChI is InChI=1S/C9H10N4O/c10-12-9(14)13-6-5-11-7-3-1-2-4-8(7)13/h1-5H,6,10H2,(H,12,14). The third-order valence-corrected chi connectivity index (χ3v) is 2.04. The summed E-state index contributed by atoms with van der Waals surface area (Å²) in [5, 5.41) is 0. The van der Waals surface area contributed by atoms with Crippen molar-refractivity contribution in [3.05, 3.63) is 24.3 Å². The van der Waals surface area contributed by atoms with Gasteiger partial charge >= 0.3 is 6.03 Å². The van der Waals surface area contributed by atoms with Crippen LogP contribution in [-0.2, 0) is 0 Å². The third kappa shape index (κ3) is 1.33. The van der Waals surface area contributed by atoms with Gasteiger partial charge in [0, 0.05) is 6.21 Å². The molecule has 0 bridgehead atoms. The first-order valence-corrected chi connectivity index (χ1v) is 4.22. The summed E-state index contributed by atoms with van der Waals surface area (Å²) in [6.45, 7) is 0.444. The van der Waals surface area contributed by atoms with Gasteiger partial charge in [-0.3, -0.25) is 15.3 Å². The highest BCUT2D eigenvalue weighted by molar-refractivity contribution is 6.00. The number of aliphatic imine (C=N–C) groups is 1. The van der Waals surface area contributed by atoms with Crippen molar-refractivity contribution in [1.82, 2.24) is 5.43 Å². The fourth-order valence-corrected chi connectivity index (χ4v) is 1.39. The molecule has 72 valence electrons. The summed E-state index contributed by atoms with van der Waals surface area (Å²) in [7, 11) is 0. The Morgan fingerprint density at radius 2 is 2.29 bits per heavy atom. The van der Waals surface area contributed by atoms with Crippen molar-refractivity contribution in [3.63, 3.8) is 0 Å². The first kappa shape index (κ1) is 8.71. The van der Waals surface area contributed by atoms with E-state index < -0.39 is 0 Å². The van der Waals surface area contributed by atoms with Crippen molar-refractivity contribution in [2.24, 2.45) is 10.8 Å². The van der Waals surface area contributed by atoms with Crippen LogP contribution >= 0.6 is 0 Å². The van der Waals surface area contributed by atoms with Gasteiger partial charge in [-0.15, -0.1) is 0 Å². The molecule has 0 atom stereocenters. The highest BCUT2D eigenvalue weighted by Crippen LogP contribution is 2.29. The lowest BCUT2D eigenvalue weighted by Gasteiger charge is -2.24. The number of fused-ring (bicyclic) bond motifs is 1.